The average Bonchev–Trinajstić information content (AvgIpc) is 4.09. The van der Waals surface area contributed by atoms with Crippen molar-refractivity contribution in [2.75, 3.05) is 26.0 Å². The van der Waals surface area contributed by atoms with Crippen LogP contribution in [0.25, 0.3) is 33.6 Å². The summed E-state index contributed by atoms with van der Waals surface area (Å²) in [5.74, 6) is 1.90. The highest BCUT2D eigenvalue weighted by molar-refractivity contribution is 7.99. The van der Waals surface area contributed by atoms with Gasteiger partial charge in [0.25, 0.3) is 0 Å². The van der Waals surface area contributed by atoms with Crippen LogP contribution in [0.15, 0.2) is 116 Å². The number of carbonyl (C=O) groups excluding carboxylic acids is 3. The molecule has 13 nitrogen and oxygen atoms in total. The highest BCUT2D eigenvalue weighted by Crippen LogP contribution is 2.47. The lowest BCUT2D eigenvalue weighted by Crippen LogP contribution is -2.40. The number of hydrogen-bond donors (Lipinski definition) is 3. The fourth-order valence-electron chi connectivity index (χ4n) is 7.18. The third-order valence-electron chi connectivity index (χ3n) is 10.1. The first-order chi connectivity index (χ1) is 27.4. The molecule has 3 amide bonds. The fraction of sp³-hybridized carbons (Fsp3) is 0.238. The van der Waals surface area contributed by atoms with Crippen LogP contribution in [0.5, 0.6) is 0 Å². The predicted octanol–water partition coefficient (Wildman–Crippen LogP) is 7.67. The number of benzene rings is 3. The van der Waals surface area contributed by atoms with Crippen molar-refractivity contribution in [3.8, 4) is 33.6 Å². The quantitative estimate of drug-likeness (QED) is 0.127. The number of methoxy groups -OCH3 is 1. The summed E-state index contributed by atoms with van der Waals surface area (Å²) in [7, 11) is 1.27. The summed E-state index contributed by atoms with van der Waals surface area (Å²) < 4.78 is 10.4. The van der Waals surface area contributed by atoms with Gasteiger partial charge in [0, 0.05) is 24.7 Å². The fourth-order valence-corrected chi connectivity index (χ4v) is 8.61. The highest BCUT2D eigenvalue weighted by Gasteiger charge is 2.42. The minimum Gasteiger partial charge on any atom is -0.453 e. The van der Waals surface area contributed by atoms with Gasteiger partial charge in [0.15, 0.2) is 0 Å². The number of carbonyl (C=O) groups is 3. The predicted molar refractivity (Wildman–Crippen MR) is 212 cm³/mol. The molecule has 14 heteroatoms. The second-order valence-electron chi connectivity index (χ2n) is 13.5. The molecule has 3 aromatic carbocycles. The summed E-state index contributed by atoms with van der Waals surface area (Å²) in [4.78, 5) is 61.9. The summed E-state index contributed by atoms with van der Waals surface area (Å²) in [6.45, 7) is 0.666. The van der Waals surface area contributed by atoms with Crippen LogP contribution in [0.4, 0.5) is 9.59 Å². The Morgan fingerprint density at radius 3 is 2.04 bits per heavy atom. The molecule has 0 saturated carbocycles. The van der Waals surface area contributed by atoms with Crippen molar-refractivity contribution in [1.82, 2.24) is 40.0 Å². The first-order valence-corrected chi connectivity index (χ1v) is 19.4. The molecule has 5 heterocycles. The molecule has 8 rings (SSSR count). The van der Waals surface area contributed by atoms with Crippen LogP contribution in [0.3, 0.4) is 0 Å². The Labute approximate surface area is 327 Å². The molecule has 0 radical (unpaired) electrons. The Morgan fingerprint density at radius 1 is 0.804 bits per heavy atom. The van der Waals surface area contributed by atoms with Crippen molar-refractivity contribution >= 4 is 29.9 Å². The van der Waals surface area contributed by atoms with Crippen LogP contribution in [-0.2, 0) is 20.9 Å². The van der Waals surface area contributed by atoms with E-state index >= 15 is 0 Å². The van der Waals surface area contributed by atoms with E-state index in [0.29, 0.717) is 18.1 Å². The number of aromatic amines is 2. The van der Waals surface area contributed by atoms with E-state index in [1.807, 2.05) is 48.7 Å². The van der Waals surface area contributed by atoms with Crippen molar-refractivity contribution in [1.29, 1.82) is 0 Å². The first kappa shape index (κ1) is 36.6. The zero-order valence-electron chi connectivity index (χ0n) is 30.6. The number of likely N-dealkylation sites (tertiary alicyclic amines) is 1. The number of rotatable bonds is 10. The van der Waals surface area contributed by atoms with Crippen molar-refractivity contribution in [3.05, 3.63) is 139 Å². The van der Waals surface area contributed by atoms with E-state index in [0.717, 1.165) is 63.4 Å². The molecule has 0 spiro atoms. The lowest BCUT2D eigenvalue weighted by Gasteiger charge is -2.28. The Balaban J connectivity index is 0.933. The zero-order chi connectivity index (χ0) is 38.4. The third-order valence-corrected chi connectivity index (χ3v) is 11.4. The molecule has 3 atom stereocenters. The maximum atomic E-state index is 13.7. The molecular formula is C42H40N8O5S. The van der Waals surface area contributed by atoms with E-state index in [9.17, 15) is 14.4 Å². The monoisotopic (exact) mass is 768 g/mol. The van der Waals surface area contributed by atoms with Gasteiger partial charge in [0.2, 0.25) is 5.91 Å². The van der Waals surface area contributed by atoms with Gasteiger partial charge >= 0.3 is 12.2 Å². The summed E-state index contributed by atoms with van der Waals surface area (Å²) in [6.07, 6.45) is 7.70. The minimum atomic E-state index is -0.636. The number of nitrogens with one attached hydrogen (secondary N) is 3. The number of hydrogen-bond acceptors (Lipinski definition) is 9. The van der Waals surface area contributed by atoms with Crippen LogP contribution >= 0.6 is 11.8 Å². The normalized spacial score (nSPS) is 17.8. The van der Waals surface area contributed by atoms with Gasteiger partial charge < -0.3 is 29.7 Å². The van der Waals surface area contributed by atoms with Crippen LogP contribution < -0.4 is 5.32 Å². The highest BCUT2D eigenvalue weighted by atomic mass is 32.2. The summed E-state index contributed by atoms with van der Waals surface area (Å²) >= 11 is 1.67. The van der Waals surface area contributed by atoms with Crippen molar-refractivity contribution < 1.29 is 23.9 Å². The number of H-pyrrole nitrogens is 2. The number of thioether (sulfide) groups is 1. The molecule has 284 valence electrons. The zero-order valence-corrected chi connectivity index (χ0v) is 31.4. The number of pyridine rings is 1. The van der Waals surface area contributed by atoms with Gasteiger partial charge in [-0.25, -0.2) is 19.6 Å². The molecule has 6 aromatic rings. The second-order valence-corrected chi connectivity index (χ2v) is 14.7. The van der Waals surface area contributed by atoms with Gasteiger partial charge in [-0.3, -0.25) is 14.7 Å². The van der Waals surface area contributed by atoms with E-state index in [4.69, 9.17) is 9.72 Å². The molecule has 0 bridgehead atoms. The van der Waals surface area contributed by atoms with E-state index in [1.165, 1.54) is 7.11 Å². The number of amides is 3. The third kappa shape index (κ3) is 7.87. The van der Waals surface area contributed by atoms with Crippen LogP contribution in [0.2, 0.25) is 0 Å². The molecule has 2 aliphatic heterocycles. The van der Waals surface area contributed by atoms with E-state index in [1.54, 1.807) is 40.2 Å². The summed E-state index contributed by atoms with van der Waals surface area (Å²) in [6, 6.07) is 29.6. The SMILES string of the molecule is COC(=O)NCC(=O)N1CCC[C@H]1c1ncc(-c2ccc(-c3ccc(-c4cnc(C5CSC(c6ccncc6)N5C(=O)OCc5ccccc5)[nH]4)cc3)cc2)[nH]1. The van der Waals surface area contributed by atoms with E-state index < -0.39 is 12.2 Å². The van der Waals surface area contributed by atoms with E-state index in [-0.39, 0.29) is 36.5 Å². The smallest absolute Gasteiger partial charge is 0.411 e. The molecule has 2 fully saturated rings. The van der Waals surface area contributed by atoms with Gasteiger partial charge in [-0.15, -0.1) is 11.8 Å². The number of aromatic nitrogens is 5. The molecule has 3 aromatic heterocycles. The van der Waals surface area contributed by atoms with Gasteiger partial charge in [0.1, 0.15) is 36.2 Å². The van der Waals surface area contributed by atoms with Crippen LogP contribution in [0.1, 0.15) is 53.1 Å². The van der Waals surface area contributed by atoms with Crippen molar-refractivity contribution in [3.63, 3.8) is 0 Å². The van der Waals surface area contributed by atoms with E-state index in [2.05, 4.69) is 78.5 Å². The first-order valence-electron chi connectivity index (χ1n) is 18.4. The maximum Gasteiger partial charge on any atom is 0.411 e. The topological polar surface area (TPSA) is 158 Å². The standard InChI is InChI=1S/C42H40N8O5S/c1-54-41(52)46-24-37(51)49-21-5-8-35(49)38-44-22-33(47-38)30-13-9-28(10-14-30)29-11-15-31(16-12-29)34-23-45-39(48-34)36-26-56-40(32-17-19-43-20-18-32)50(36)42(53)55-25-27-6-3-2-4-7-27/h2-4,6-7,9-20,22-23,35-36,40H,5,8,21,24-26H2,1H3,(H,44,47)(H,45,48)(H,46,52)/t35-,36?,40?/m0/s1. The van der Waals surface area contributed by atoms with Gasteiger partial charge in [-0.05, 0) is 58.4 Å². The van der Waals surface area contributed by atoms with Gasteiger partial charge in [0.05, 0.1) is 36.9 Å². The molecule has 3 N–H and O–H groups in total. The molecule has 2 unspecified atom stereocenters. The molecule has 2 saturated heterocycles. The molecular weight excluding hydrogens is 729 g/mol. The Morgan fingerprint density at radius 2 is 1.41 bits per heavy atom. The second kappa shape index (κ2) is 16.5. The summed E-state index contributed by atoms with van der Waals surface area (Å²) in [5.41, 5.74) is 7.69. The Kier molecular flexibility index (Phi) is 10.8. The Hall–Kier alpha value is -6.41. The van der Waals surface area contributed by atoms with Crippen LogP contribution in [-0.4, -0.2) is 78.8 Å². The van der Waals surface area contributed by atoms with Crippen molar-refractivity contribution in [2.24, 2.45) is 0 Å². The average molecular weight is 769 g/mol. The molecule has 56 heavy (non-hydrogen) atoms. The summed E-state index contributed by atoms with van der Waals surface area (Å²) in [5, 5.41) is 2.23. The number of nitrogens with zero attached hydrogens (tertiary/aromatic N) is 5. The minimum absolute atomic E-state index is 0.123. The lowest BCUT2D eigenvalue weighted by molar-refractivity contribution is -0.131. The van der Waals surface area contributed by atoms with Crippen LogP contribution in [0, 0.1) is 0 Å². The Bertz CT molecular complexity index is 2280. The lowest BCUT2D eigenvalue weighted by atomic mass is 10.0. The van der Waals surface area contributed by atoms with Crippen molar-refractivity contribution in [2.45, 2.75) is 36.9 Å². The molecule has 0 aliphatic carbocycles. The number of ether oxygens (including phenoxy) is 2. The van der Waals surface area contributed by atoms with Gasteiger partial charge in [-0.1, -0.05) is 78.9 Å². The maximum absolute atomic E-state index is 13.7. The molecule has 2 aliphatic rings. The largest absolute Gasteiger partial charge is 0.453 e. The van der Waals surface area contributed by atoms with Gasteiger partial charge in [-0.2, -0.15) is 0 Å². The number of imidazole rings is 2. The number of alkyl carbamates (subject to hydrolysis) is 1.